The molecule has 0 fully saturated rings. The number of nitrogen functional groups attached to an aromatic ring is 1. The SMILES string of the molecule is COc1ccc(Cc2nnc(SCc3nc(N)c4c5c(sc4n3)CCCCC5)o2)cc1. The number of nitrogens with zero attached hydrogens (tertiary/aromatic N) is 4. The maximum Gasteiger partial charge on any atom is 0.277 e. The first-order valence-electron chi connectivity index (χ1n) is 10.3. The third-order valence-corrected chi connectivity index (χ3v) is 7.43. The van der Waals surface area contributed by atoms with Crippen LogP contribution >= 0.6 is 23.1 Å². The van der Waals surface area contributed by atoms with Gasteiger partial charge in [-0.25, -0.2) is 9.97 Å². The van der Waals surface area contributed by atoms with Crippen LogP contribution < -0.4 is 10.5 Å². The van der Waals surface area contributed by atoms with Gasteiger partial charge in [0.2, 0.25) is 5.89 Å². The molecule has 0 aliphatic heterocycles. The van der Waals surface area contributed by atoms with Crippen molar-refractivity contribution in [1.82, 2.24) is 20.2 Å². The van der Waals surface area contributed by atoms with Gasteiger partial charge in [0.15, 0.2) is 0 Å². The highest BCUT2D eigenvalue weighted by molar-refractivity contribution is 7.98. The minimum atomic E-state index is 0.507. The summed E-state index contributed by atoms with van der Waals surface area (Å²) in [5.41, 5.74) is 8.80. The largest absolute Gasteiger partial charge is 0.497 e. The summed E-state index contributed by atoms with van der Waals surface area (Å²) < 4.78 is 11.0. The van der Waals surface area contributed by atoms with E-state index in [1.54, 1.807) is 18.4 Å². The van der Waals surface area contributed by atoms with E-state index in [-0.39, 0.29) is 0 Å². The lowest BCUT2D eigenvalue weighted by Gasteiger charge is -2.03. The lowest BCUT2D eigenvalue weighted by molar-refractivity contribution is 0.413. The molecule has 9 heteroatoms. The fraction of sp³-hybridized carbons (Fsp3) is 0.364. The number of methoxy groups -OCH3 is 1. The first kappa shape index (κ1) is 20.3. The average Bonchev–Trinajstić information content (AvgIpc) is 3.30. The Hall–Kier alpha value is -2.65. The summed E-state index contributed by atoms with van der Waals surface area (Å²) in [5.74, 6) is 3.22. The van der Waals surface area contributed by atoms with E-state index in [9.17, 15) is 0 Å². The molecule has 2 N–H and O–H groups in total. The second-order valence-corrected chi connectivity index (χ2v) is 9.56. The molecule has 1 aromatic carbocycles. The zero-order chi connectivity index (χ0) is 21.2. The average molecular weight is 454 g/mol. The van der Waals surface area contributed by atoms with Crippen molar-refractivity contribution < 1.29 is 9.15 Å². The molecule has 31 heavy (non-hydrogen) atoms. The van der Waals surface area contributed by atoms with Crippen LogP contribution in [-0.2, 0) is 25.0 Å². The number of nitrogens with two attached hydrogens (primary N) is 1. The molecule has 0 bridgehead atoms. The number of aryl methyl sites for hydroxylation is 2. The molecular weight excluding hydrogens is 430 g/mol. The molecule has 3 aromatic heterocycles. The summed E-state index contributed by atoms with van der Waals surface area (Å²) in [6, 6.07) is 7.82. The van der Waals surface area contributed by atoms with E-state index in [1.165, 1.54) is 41.5 Å². The number of ether oxygens (including phenoxy) is 1. The van der Waals surface area contributed by atoms with Crippen molar-refractivity contribution in [3.05, 3.63) is 52.0 Å². The van der Waals surface area contributed by atoms with Crippen molar-refractivity contribution >= 4 is 39.1 Å². The smallest absolute Gasteiger partial charge is 0.277 e. The normalized spacial score (nSPS) is 13.8. The van der Waals surface area contributed by atoms with E-state index < -0.39 is 0 Å². The number of anilines is 1. The Morgan fingerprint density at radius 1 is 1.10 bits per heavy atom. The maximum atomic E-state index is 6.34. The highest BCUT2D eigenvalue weighted by Crippen LogP contribution is 2.37. The molecule has 4 aromatic rings. The highest BCUT2D eigenvalue weighted by Gasteiger charge is 2.19. The van der Waals surface area contributed by atoms with Gasteiger partial charge in [0.25, 0.3) is 5.22 Å². The fourth-order valence-corrected chi connectivity index (χ4v) is 5.81. The van der Waals surface area contributed by atoms with Gasteiger partial charge in [0.1, 0.15) is 22.2 Å². The molecule has 0 saturated heterocycles. The number of thiophene rings is 1. The minimum Gasteiger partial charge on any atom is -0.497 e. The van der Waals surface area contributed by atoms with Gasteiger partial charge >= 0.3 is 0 Å². The molecule has 0 saturated carbocycles. The summed E-state index contributed by atoms with van der Waals surface area (Å²) in [6.45, 7) is 0. The van der Waals surface area contributed by atoms with Crippen LogP contribution in [-0.4, -0.2) is 27.3 Å². The Labute approximate surface area is 188 Å². The number of hydrogen-bond donors (Lipinski definition) is 1. The molecular formula is C22H23N5O2S2. The van der Waals surface area contributed by atoms with Gasteiger partial charge in [-0.1, -0.05) is 30.3 Å². The molecule has 5 rings (SSSR count). The van der Waals surface area contributed by atoms with Crippen molar-refractivity contribution in [2.24, 2.45) is 0 Å². The Morgan fingerprint density at radius 3 is 2.77 bits per heavy atom. The molecule has 3 heterocycles. The highest BCUT2D eigenvalue weighted by atomic mass is 32.2. The lowest BCUT2D eigenvalue weighted by atomic mass is 10.1. The van der Waals surface area contributed by atoms with Gasteiger partial charge in [0.05, 0.1) is 24.7 Å². The number of benzene rings is 1. The Morgan fingerprint density at radius 2 is 1.94 bits per heavy atom. The molecule has 0 amide bonds. The molecule has 1 aliphatic rings. The van der Waals surface area contributed by atoms with Crippen LogP contribution in [0.2, 0.25) is 0 Å². The number of thioether (sulfide) groups is 1. The van der Waals surface area contributed by atoms with Gasteiger partial charge in [0, 0.05) is 4.88 Å². The van der Waals surface area contributed by atoms with Crippen molar-refractivity contribution in [1.29, 1.82) is 0 Å². The number of rotatable bonds is 6. The summed E-state index contributed by atoms with van der Waals surface area (Å²) in [6.07, 6.45) is 6.52. The standard InChI is InChI=1S/C22H23N5O2S2/c1-28-14-9-7-13(8-10-14)11-18-26-27-22(29-18)30-12-17-24-20(23)19-15-5-3-2-4-6-16(15)31-21(19)25-17/h7-10H,2-6,11-12H2,1H3,(H2,23,24,25). The second-order valence-electron chi connectivity index (χ2n) is 7.54. The molecule has 7 nitrogen and oxygen atoms in total. The van der Waals surface area contributed by atoms with Crippen molar-refractivity contribution in [2.75, 3.05) is 12.8 Å². The molecule has 0 unspecified atom stereocenters. The minimum absolute atomic E-state index is 0.507. The van der Waals surface area contributed by atoms with E-state index >= 15 is 0 Å². The predicted molar refractivity (Wildman–Crippen MR) is 123 cm³/mol. The molecule has 1 aliphatic carbocycles. The number of aromatic nitrogens is 4. The quantitative estimate of drug-likeness (QED) is 0.328. The van der Waals surface area contributed by atoms with Crippen LogP contribution in [0.5, 0.6) is 5.75 Å². The lowest BCUT2D eigenvalue weighted by Crippen LogP contribution is -2.00. The molecule has 0 atom stereocenters. The van der Waals surface area contributed by atoms with E-state index in [1.807, 2.05) is 24.3 Å². The van der Waals surface area contributed by atoms with Gasteiger partial charge in [-0.3, -0.25) is 0 Å². The van der Waals surface area contributed by atoms with Gasteiger partial charge in [-0.15, -0.1) is 21.5 Å². The first-order chi connectivity index (χ1) is 15.2. The predicted octanol–water partition coefficient (Wildman–Crippen LogP) is 4.82. The van der Waals surface area contributed by atoms with E-state index in [2.05, 4.69) is 15.2 Å². The van der Waals surface area contributed by atoms with Crippen LogP contribution in [0.3, 0.4) is 0 Å². The van der Waals surface area contributed by atoms with Crippen LogP contribution in [0.25, 0.3) is 10.2 Å². The zero-order valence-electron chi connectivity index (χ0n) is 17.3. The summed E-state index contributed by atoms with van der Waals surface area (Å²) in [4.78, 5) is 11.8. The van der Waals surface area contributed by atoms with Crippen LogP contribution in [0.1, 0.15) is 47.0 Å². The fourth-order valence-electron chi connectivity index (χ4n) is 3.89. The second kappa shape index (κ2) is 8.84. The third kappa shape index (κ3) is 4.38. The molecule has 0 spiro atoms. The number of hydrogen-bond acceptors (Lipinski definition) is 9. The third-order valence-electron chi connectivity index (χ3n) is 5.43. The van der Waals surface area contributed by atoms with E-state index in [0.717, 1.165) is 34.4 Å². The van der Waals surface area contributed by atoms with Crippen molar-refractivity contribution in [2.45, 2.75) is 49.5 Å². The van der Waals surface area contributed by atoms with E-state index in [4.69, 9.17) is 19.9 Å². The Balaban J connectivity index is 1.27. The molecule has 0 radical (unpaired) electrons. The van der Waals surface area contributed by atoms with Crippen LogP contribution in [0, 0.1) is 0 Å². The van der Waals surface area contributed by atoms with Gasteiger partial charge in [-0.2, -0.15) is 0 Å². The number of fused-ring (bicyclic) bond motifs is 3. The van der Waals surface area contributed by atoms with E-state index in [0.29, 0.717) is 34.9 Å². The first-order valence-corrected chi connectivity index (χ1v) is 12.1. The van der Waals surface area contributed by atoms with Gasteiger partial charge in [-0.05, 0) is 48.9 Å². The summed E-state index contributed by atoms with van der Waals surface area (Å²) in [5, 5.41) is 9.87. The Kier molecular flexibility index (Phi) is 5.78. The van der Waals surface area contributed by atoms with Crippen LogP contribution in [0.4, 0.5) is 5.82 Å². The summed E-state index contributed by atoms with van der Waals surface area (Å²) >= 11 is 3.20. The Bertz CT molecular complexity index is 1200. The summed E-state index contributed by atoms with van der Waals surface area (Å²) in [7, 11) is 1.65. The van der Waals surface area contributed by atoms with Crippen molar-refractivity contribution in [3.63, 3.8) is 0 Å². The van der Waals surface area contributed by atoms with Crippen molar-refractivity contribution in [3.8, 4) is 5.75 Å². The van der Waals surface area contributed by atoms with Gasteiger partial charge < -0.3 is 14.9 Å². The molecule has 160 valence electrons. The maximum absolute atomic E-state index is 6.34. The topological polar surface area (TPSA) is 100.0 Å². The monoisotopic (exact) mass is 453 g/mol. The van der Waals surface area contributed by atoms with Crippen LogP contribution in [0.15, 0.2) is 33.9 Å². The zero-order valence-corrected chi connectivity index (χ0v) is 18.9.